The number of hydrogen-bond donors (Lipinski definition) is 0. The molecule has 0 saturated heterocycles. The predicted molar refractivity (Wildman–Crippen MR) is 170 cm³/mol. The summed E-state index contributed by atoms with van der Waals surface area (Å²) in [6, 6.07) is 20.3. The number of esters is 1. The maximum Gasteiger partial charge on any atom is 0.338 e. The number of nitrogens with zero attached hydrogens (tertiary/aromatic N) is 2. The number of methoxy groups -OCH3 is 2. The van der Waals surface area contributed by atoms with Crippen molar-refractivity contribution in [1.29, 1.82) is 0 Å². The average molecular weight is 697 g/mol. The number of hydrogen-bond acceptors (Lipinski definition) is 8. The van der Waals surface area contributed by atoms with Gasteiger partial charge in [-0.1, -0.05) is 53.8 Å². The van der Waals surface area contributed by atoms with E-state index in [4.69, 9.17) is 18.9 Å². The largest absolute Gasteiger partial charge is 0.497 e. The predicted octanol–water partition coefficient (Wildman–Crippen LogP) is 5.00. The van der Waals surface area contributed by atoms with Crippen molar-refractivity contribution in [2.75, 3.05) is 20.8 Å². The summed E-state index contributed by atoms with van der Waals surface area (Å²) in [6.07, 6.45) is 1.81. The Kier molecular flexibility index (Phi) is 9.12. The van der Waals surface area contributed by atoms with Crippen LogP contribution in [0.2, 0.25) is 0 Å². The lowest BCUT2D eigenvalue weighted by Gasteiger charge is -2.25. The zero-order valence-corrected chi connectivity index (χ0v) is 26.5. The first kappa shape index (κ1) is 29.6. The molecule has 0 radical (unpaired) electrons. The minimum absolute atomic E-state index is 0.205. The highest BCUT2D eigenvalue weighted by atomic mass is 127. The topological polar surface area (TPSA) is 88.4 Å². The van der Waals surface area contributed by atoms with Crippen molar-refractivity contribution >= 4 is 46.0 Å². The summed E-state index contributed by atoms with van der Waals surface area (Å²) in [5, 5.41) is 0. The maximum atomic E-state index is 14.0. The SMILES string of the molecule is CCOC(=O)C1=C(C)N=c2s/c(=C\c3cc(I)c(OCc4ccccc4)c(OC)c3)c(=O)n2C1c1cccc(OC)c1. The molecule has 0 saturated carbocycles. The second-order valence-corrected chi connectivity index (χ2v) is 11.6. The van der Waals surface area contributed by atoms with E-state index in [1.807, 2.05) is 72.8 Å². The van der Waals surface area contributed by atoms with Gasteiger partial charge in [-0.2, -0.15) is 0 Å². The zero-order chi connectivity index (χ0) is 29.8. The number of allylic oxidation sites excluding steroid dienone is 1. The number of fused-ring (bicyclic) bond motifs is 1. The maximum absolute atomic E-state index is 14.0. The fourth-order valence-electron chi connectivity index (χ4n) is 4.76. The van der Waals surface area contributed by atoms with Crippen molar-refractivity contribution in [1.82, 2.24) is 4.57 Å². The smallest absolute Gasteiger partial charge is 0.338 e. The van der Waals surface area contributed by atoms with E-state index >= 15 is 0 Å². The van der Waals surface area contributed by atoms with E-state index < -0.39 is 12.0 Å². The zero-order valence-electron chi connectivity index (χ0n) is 23.5. The molecule has 8 nitrogen and oxygen atoms in total. The van der Waals surface area contributed by atoms with Crippen LogP contribution in [0.15, 0.2) is 87.8 Å². The molecule has 1 aliphatic rings. The lowest BCUT2D eigenvalue weighted by molar-refractivity contribution is -0.139. The van der Waals surface area contributed by atoms with E-state index in [0.29, 0.717) is 44.5 Å². The van der Waals surface area contributed by atoms with E-state index in [0.717, 1.165) is 20.3 Å². The minimum Gasteiger partial charge on any atom is -0.497 e. The number of carbonyl (C=O) groups is 1. The lowest BCUT2D eigenvalue weighted by Crippen LogP contribution is -2.39. The van der Waals surface area contributed by atoms with Crippen molar-refractivity contribution in [3.8, 4) is 17.2 Å². The van der Waals surface area contributed by atoms with Crippen molar-refractivity contribution in [3.63, 3.8) is 0 Å². The first-order valence-electron chi connectivity index (χ1n) is 13.2. The van der Waals surface area contributed by atoms with Crippen LogP contribution in [-0.2, 0) is 16.1 Å². The average Bonchev–Trinajstić information content (AvgIpc) is 3.29. The van der Waals surface area contributed by atoms with E-state index in [1.54, 1.807) is 32.6 Å². The van der Waals surface area contributed by atoms with E-state index in [1.165, 1.54) is 11.3 Å². The van der Waals surface area contributed by atoms with Crippen molar-refractivity contribution in [3.05, 3.63) is 118 Å². The number of ether oxygens (including phenoxy) is 4. The fraction of sp³-hybridized carbons (Fsp3) is 0.219. The Morgan fingerprint density at radius 2 is 1.86 bits per heavy atom. The van der Waals surface area contributed by atoms with Crippen LogP contribution in [0.1, 0.15) is 36.6 Å². The van der Waals surface area contributed by atoms with Crippen molar-refractivity contribution in [2.24, 2.45) is 4.99 Å². The Hall–Kier alpha value is -3.90. The van der Waals surface area contributed by atoms with Crippen LogP contribution >= 0.6 is 33.9 Å². The highest BCUT2D eigenvalue weighted by Gasteiger charge is 2.33. The van der Waals surface area contributed by atoms with Crippen LogP contribution in [0.5, 0.6) is 17.2 Å². The molecule has 5 rings (SSSR count). The highest BCUT2D eigenvalue weighted by molar-refractivity contribution is 14.1. The molecule has 1 aliphatic heterocycles. The Labute approximate surface area is 260 Å². The first-order chi connectivity index (χ1) is 20.3. The summed E-state index contributed by atoms with van der Waals surface area (Å²) in [5.74, 6) is 1.30. The number of thiazole rings is 1. The van der Waals surface area contributed by atoms with Crippen LogP contribution in [0.25, 0.3) is 6.08 Å². The molecule has 0 aliphatic carbocycles. The molecule has 4 aromatic rings. The molecule has 0 bridgehead atoms. The minimum atomic E-state index is -0.721. The van der Waals surface area contributed by atoms with Gasteiger partial charge < -0.3 is 18.9 Å². The van der Waals surface area contributed by atoms with Crippen LogP contribution in [0.3, 0.4) is 0 Å². The standard InChI is InChI=1S/C32H29IN2O6S/c1-5-40-31(37)27-19(2)34-32-35(28(27)22-12-9-13-23(17-22)38-3)30(36)26(42-32)16-21-14-24(33)29(25(15-21)39-4)41-18-20-10-7-6-8-11-20/h6-17,28H,5,18H2,1-4H3/b26-16-. The molecule has 1 aromatic heterocycles. The number of aromatic nitrogens is 1. The molecule has 2 heterocycles. The third-order valence-electron chi connectivity index (χ3n) is 6.70. The summed E-state index contributed by atoms with van der Waals surface area (Å²) in [5.41, 5.74) is 3.09. The molecule has 3 aromatic carbocycles. The van der Waals surface area contributed by atoms with Crippen LogP contribution in [0.4, 0.5) is 0 Å². The molecule has 0 N–H and O–H groups in total. The van der Waals surface area contributed by atoms with Crippen molar-refractivity contribution in [2.45, 2.75) is 26.5 Å². The van der Waals surface area contributed by atoms with Crippen LogP contribution in [-0.4, -0.2) is 31.4 Å². The fourth-order valence-corrected chi connectivity index (χ4v) is 6.59. The Balaban J connectivity index is 1.59. The molecule has 0 fully saturated rings. The second kappa shape index (κ2) is 13.0. The third-order valence-corrected chi connectivity index (χ3v) is 8.49. The molecule has 216 valence electrons. The third kappa shape index (κ3) is 6.00. The van der Waals surface area contributed by atoms with Gasteiger partial charge in [-0.25, -0.2) is 9.79 Å². The second-order valence-electron chi connectivity index (χ2n) is 9.39. The van der Waals surface area contributed by atoms with Gasteiger partial charge in [0.2, 0.25) is 0 Å². The molecular weight excluding hydrogens is 667 g/mol. The molecule has 1 atom stereocenters. The van der Waals surface area contributed by atoms with E-state index in [9.17, 15) is 9.59 Å². The number of benzene rings is 3. The van der Waals surface area contributed by atoms with Crippen molar-refractivity contribution < 1.29 is 23.7 Å². The van der Waals surface area contributed by atoms with E-state index in [-0.39, 0.29) is 12.2 Å². The van der Waals surface area contributed by atoms with Gasteiger partial charge in [0.05, 0.1) is 46.2 Å². The van der Waals surface area contributed by atoms with Crippen LogP contribution < -0.4 is 29.1 Å². The van der Waals surface area contributed by atoms with Gasteiger partial charge in [0.25, 0.3) is 5.56 Å². The Morgan fingerprint density at radius 3 is 2.57 bits per heavy atom. The lowest BCUT2D eigenvalue weighted by atomic mass is 9.95. The molecule has 42 heavy (non-hydrogen) atoms. The molecule has 0 amide bonds. The summed E-state index contributed by atoms with van der Waals surface area (Å²) in [6.45, 7) is 4.11. The van der Waals surface area contributed by atoms with Gasteiger partial charge in [-0.15, -0.1) is 0 Å². The molecule has 0 spiro atoms. The van der Waals surface area contributed by atoms with Gasteiger partial charge in [0.15, 0.2) is 16.3 Å². The Bertz CT molecular complexity index is 1840. The summed E-state index contributed by atoms with van der Waals surface area (Å²) < 4.78 is 25.5. The normalized spacial score (nSPS) is 14.7. The van der Waals surface area contributed by atoms with E-state index in [2.05, 4.69) is 27.6 Å². The summed E-state index contributed by atoms with van der Waals surface area (Å²) in [7, 11) is 3.16. The summed E-state index contributed by atoms with van der Waals surface area (Å²) in [4.78, 5) is 32.3. The highest BCUT2D eigenvalue weighted by Crippen LogP contribution is 2.35. The van der Waals surface area contributed by atoms with Gasteiger partial charge >= 0.3 is 5.97 Å². The van der Waals surface area contributed by atoms with Crippen LogP contribution in [0, 0.1) is 3.57 Å². The summed E-state index contributed by atoms with van der Waals surface area (Å²) >= 11 is 3.47. The number of rotatable bonds is 9. The molecular formula is C32H29IN2O6S. The Morgan fingerprint density at radius 1 is 1.07 bits per heavy atom. The van der Waals surface area contributed by atoms with Gasteiger partial charge in [0, 0.05) is 0 Å². The first-order valence-corrected chi connectivity index (χ1v) is 15.1. The van der Waals surface area contributed by atoms with Gasteiger partial charge in [0.1, 0.15) is 12.4 Å². The molecule has 1 unspecified atom stereocenters. The van der Waals surface area contributed by atoms with Gasteiger partial charge in [-0.3, -0.25) is 9.36 Å². The number of carbonyl (C=O) groups excluding carboxylic acids is 1. The quantitative estimate of drug-likeness (QED) is 0.181. The monoisotopic (exact) mass is 696 g/mol. The molecule has 10 heteroatoms. The van der Waals surface area contributed by atoms with Gasteiger partial charge in [-0.05, 0) is 83.5 Å². The number of halogens is 1.